The molecule has 0 unspecified atom stereocenters. The third-order valence-electron chi connectivity index (χ3n) is 7.11. The monoisotopic (exact) mass is 530 g/mol. The van der Waals surface area contributed by atoms with Gasteiger partial charge in [-0.2, -0.15) is 0 Å². The number of hydrogen-bond acceptors (Lipinski definition) is 4. The van der Waals surface area contributed by atoms with E-state index in [1.165, 1.54) is 4.88 Å². The molecule has 0 fully saturated rings. The van der Waals surface area contributed by atoms with Crippen LogP contribution in [0.3, 0.4) is 0 Å². The Morgan fingerprint density at radius 2 is 1.54 bits per heavy atom. The highest BCUT2D eigenvalue weighted by Gasteiger charge is 2.26. The second-order valence-corrected chi connectivity index (χ2v) is 10.7. The lowest BCUT2D eigenvalue weighted by atomic mass is 9.95. The molecular weight excluding hydrogens is 500 g/mol. The second kappa shape index (κ2) is 11.3. The van der Waals surface area contributed by atoms with Crippen LogP contribution in [0, 0.1) is 0 Å². The molecule has 6 rings (SSSR count). The van der Waals surface area contributed by atoms with Crippen molar-refractivity contribution < 1.29 is 9.53 Å². The average molecular weight is 531 g/mol. The predicted molar refractivity (Wildman–Crippen MR) is 161 cm³/mol. The fraction of sp³-hybridized carbons (Fsp3) is 0.176. The normalized spacial score (nSPS) is 12.9. The molecule has 0 aliphatic heterocycles. The first-order chi connectivity index (χ1) is 19.2. The van der Waals surface area contributed by atoms with Gasteiger partial charge in [-0.25, -0.2) is 9.79 Å². The number of ether oxygens (including phenoxy) is 1. The van der Waals surface area contributed by atoms with Crippen LogP contribution in [0.2, 0.25) is 0 Å². The van der Waals surface area contributed by atoms with Crippen LogP contribution in [0.5, 0.6) is 0 Å². The summed E-state index contributed by atoms with van der Waals surface area (Å²) >= 11 is 1.64. The first-order valence-corrected chi connectivity index (χ1v) is 14.3. The van der Waals surface area contributed by atoms with E-state index in [1.54, 1.807) is 11.3 Å². The molecule has 5 heteroatoms. The number of carbonyl (C=O) groups is 1. The summed E-state index contributed by atoms with van der Waals surface area (Å²) in [7, 11) is 0. The molecule has 0 N–H and O–H groups in total. The van der Waals surface area contributed by atoms with Crippen molar-refractivity contribution in [3.8, 4) is 28.2 Å². The van der Waals surface area contributed by atoms with Crippen molar-refractivity contribution in [3.63, 3.8) is 0 Å². The lowest BCUT2D eigenvalue weighted by Gasteiger charge is -2.15. The van der Waals surface area contributed by atoms with Crippen molar-refractivity contribution in [2.24, 2.45) is 4.99 Å². The molecule has 0 amide bonds. The van der Waals surface area contributed by atoms with Crippen molar-refractivity contribution >= 4 is 28.5 Å². The number of nitrogens with zero attached hydrogens (tertiary/aromatic N) is 2. The van der Waals surface area contributed by atoms with Crippen LogP contribution in [0.1, 0.15) is 46.1 Å². The zero-order valence-corrected chi connectivity index (χ0v) is 22.8. The van der Waals surface area contributed by atoms with Gasteiger partial charge in [-0.1, -0.05) is 78.9 Å². The van der Waals surface area contributed by atoms with Gasteiger partial charge in [0.2, 0.25) is 0 Å². The van der Waals surface area contributed by atoms with Crippen LogP contribution >= 0.6 is 11.3 Å². The Kier molecular flexibility index (Phi) is 7.24. The second-order valence-electron chi connectivity index (χ2n) is 9.61. The zero-order chi connectivity index (χ0) is 26.6. The Morgan fingerprint density at radius 3 is 2.23 bits per heavy atom. The van der Waals surface area contributed by atoms with Gasteiger partial charge in [0.05, 0.1) is 23.6 Å². The molecule has 2 aromatic heterocycles. The number of aryl methyl sites for hydroxylation is 1. The summed E-state index contributed by atoms with van der Waals surface area (Å²) in [5.74, 6) is -0.265. The third-order valence-corrected chi connectivity index (χ3v) is 8.31. The molecule has 4 nitrogen and oxygen atoms in total. The van der Waals surface area contributed by atoms with Crippen LogP contribution in [0.25, 0.3) is 28.2 Å². The molecule has 0 spiro atoms. The molecule has 0 radical (unpaired) electrons. The Bertz CT molecular complexity index is 1620. The van der Waals surface area contributed by atoms with E-state index in [1.807, 2.05) is 31.3 Å². The van der Waals surface area contributed by atoms with E-state index in [0.717, 1.165) is 70.0 Å². The summed E-state index contributed by atoms with van der Waals surface area (Å²) in [6, 6.07) is 33.5. The number of carbonyl (C=O) groups excluding carboxylic acids is 1. The maximum Gasteiger partial charge on any atom is 0.341 e. The van der Waals surface area contributed by atoms with Gasteiger partial charge in [-0.15, -0.1) is 11.3 Å². The van der Waals surface area contributed by atoms with E-state index in [-0.39, 0.29) is 5.97 Å². The van der Waals surface area contributed by atoms with E-state index in [2.05, 4.69) is 83.4 Å². The maximum atomic E-state index is 13.0. The van der Waals surface area contributed by atoms with Gasteiger partial charge in [0.1, 0.15) is 5.00 Å². The molecule has 0 saturated heterocycles. The van der Waals surface area contributed by atoms with Gasteiger partial charge in [-0.3, -0.25) is 0 Å². The van der Waals surface area contributed by atoms with Crippen molar-refractivity contribution in [2.45, 2.75) is 32.6 Å². The number of fused-ring (bicyclic) bond motifs is 1. The van der Waals surface area contributed by atoms with Crippen molar-refractivity contribution in [1.82, 2.24) is 4.57 Å². The minimum atomic E-state index is -0.265. The summed E-state index contributed by atoms with van der Waals surface area (Å²) in [6.45, 7) is 2.20. The van der Waals surface area contributed by atoms with Crippen LogP contribution in [0.4, 0.5) is 5.00 Å². The Balaban J connectivity index is 1.56. The van der Waals surface area contributed by atoms with Crippen LogP contribution < -0.4 is 0 Å². The number of para-hydroxylation sites is 1. The molecule has 1 aliphatic carbocycles. The Hall–Kier alpha value is -4.22. The van der Waals surface area contributed by atoms with Gasteiger partial charge in [-0.05, 0) is 67.5 Å². The number of aliphatic imine (C=N–C) groups is 1. The Morgan fingerprint density at radius 1 is 0.897 bits per heavy atom. The lowest BCUT2D eigenvalue weighted by molar-refractivity contribution is 0.0526. The van der Waals surface area contributed by atoms with E-state index in [4.69, 9.17) is 9.73 Å². The zero-order valence-electron chi connectivity index (χ0n) is 22.0. The molecule has 0 saturated carbocycles. The van der Waals surface area contributed by atoms with E-state index < -0.39 is 0 Å². The number of thiophene rings is 1. The SMILES string of the molecule is CCOC(=O)c1c(N=Cc2cc(-c3ccccc3)n(-c3ccccc3)c2-c2ccccc2)sc2c1CCCC2. The molecule has 194 valence electrons. The van der Waals surface area contributed by atoms with Crippen LogP contribution in [-0.2, 0) is 17.6 Å². The third kappa shape index (κ3) is 4.98. The Labute approximate surface area is 233 Å². The molecule has 3 aromatic carbocycles. The van der Waals surface area contributed by atoms with Crippen LogP contribution in [-0.4, -0.2) is 23.4 Å². The average Bonchev–Trinajstić information content (AvgIpc) is 3.56. The number of rotatable bonds is 7. The molecular formula is C34H30N2O2S. The maximum absolute atomic E-state index is 13.0. The van der Waals surface area contributed by atoms with E-state index >= 15 is 0 Å². The number of esters is 1. The highest BCUT2D eigenvalue weighted by Crippen LogP contribution is 2.41. The summed E-state index contributed by atoms with van der Waals surface area (Å²) in [5, 5.41) is 0.744. The lowest BCUT2D eigenvalue weighted by Crippen LogP contribution is -2.09. The first-order valence-electron chi connectivity index (χ1n) is 13.5. The highest BCUT2D eigenvalue weighted by molar-refractivity contribution is 7.16. The number of aromatic nitrogens is 1. The summed E-state index contributed by atoms with van der Waals surface area (Å²) < 4.78 is 7.77. The minimum Gasteiger partial charge on any atom is -0.462 e. The van der Waals surface area contributed by atoms with Crippen molar-refractivity contribution in [1.29, 1.82) is 0 Å². The molecule has 5 aromatic rings. The van der Waals surface area contributed by atoms with Gasteiger partial charge in [0, 0.05) is 22.3 Å². The van der Waals surface area contributed by atoms with Gasteiger partial charge >= 0.3 is 5.97 Å². The molecule has 0 bridgehead atoms. The molecule has 2 heterocycles. The quantitative estimate of drug-likeness (QED) is 0.156. The number of benzene rings is 3. The van der Waals surface area contributed by atoms with Gasteiger partial charge in [0.15, 0.2) is 0 Å². The van der Waals surface area contributed by atoms with Crippen molar-refractivity contribution in [2.75, 3.05) is 6.61 Å². The van der Waals surface area contributed by atoms with Gasteiger partial charge < -0.3 is 9.30 Å². The van der Waals surface area contributed by atoms with Gasteiger partial charge in [0.25, 0.3) is 0 Å². The fourth-order valence-corrected chi connectivity index (χ4v) is 6.59. The summed E-state index contributed by atoms with van der Waals surface area (Å²) in [6.07, 6.45) is 6.08. The summed E-state index contributed by atoms with van der Waals surface area (Å²) in [4.78, 5) is 19.3. The summed E-state index contributed by atoms with van der Waals surface area (Å²) in [5.41, 5.74) is 8.21. The minimum absolute atomic E-state index is 0.265. The first kappa shape index (κ1) is 25.1. The molecule has 39 heavy (non-hydrogen) atoms. The number of hydrogen-bond donors (Lipinski definition) is 0. The topological polar surface area (TPSA) is 43.6 Å². The molecule has 1 aliphatic rings. The van der Waals surface area contributed by atoms with Crippen LogP contribution in [0.15, 0.2) is 102 Å². The smallest absolute Gasteiger partial charge is 0.341 e. The molecule has 0 atom stereocenters. The van der Waals surface area contributed by atoms with Crippen molar-refractivity contribution in [3.05, 3.63) is 119 Å². The van der Waals surface area contributed by atoms with E-state index in [0.29, 0.717) is 12.2 Å². The fourth-order valence-electron chi connectivity index (χ4n) is 5.37. The predicted octanol–water partition coefficient (Wildman–Crippen LogP) is 8.68. The largest absolute Gasteiger partial charge is 0.462 e. The van der Waals surface area contributed by atoms with E-state index in [9.17, 15) is 4.79 Å². The highest BCUT2D eigenvalue weighted by atomic mass is 32.1. The standard InChI is InChI=1S/C34H30N2O2S/c1-2-38-34(37)31-28-20-12-13-21-30(28)39-33(31)35-23-26-22-29(24-14-6-3-7-15-24)36(27-18-10-5-11-19-27)32(26)25-16-8-4-9-17-25/h3-11,14-19,22-23H,2,12-13,20-21H2,1H3.